The number of aliphatic hydroxyl groups excluding tert-OH is 1. The Bertz CT molecular complexity index is 283. The molecule has 0 radical (unpaired) electrons. The number of hydrogen-bond acceptors (Lipinski definition) is 4. The van der Waals surface area contributed by atoms with Crippen LogP contribution in [-0.4, -0.2) is 22.2 Å². The molecule has 4 heteroatoms. The summed E-state index contributed by atoms with van der Waals surface area (Å²) in [4.78, 5) is 0. The van der Waals surface area contributed by atoms with Crippen molar-refractivity contribution in [3.8, 4) is 0 Å². The molecule has 0 aromatic heterocycles. The molecule has 0 saturated heterocycles. The maximum Gasteiger partial charge on any atom is 0.151 e. The lowest BCUT2D eigenvalue weighted by molar-refractivity contribution is -0.0466. The Labute approximate surface area is 156 Å². The Kier molecular flexibility index (Phi) is 15.9. The van der Waals surface area contributed by atoms with Crippen LogP contribution in [0, 0.1) is 5.92 Å². The molecule has 6 N–H and O–H groups in total. The van der Waals surface area contributed by atoms with E-state index in [0.717, 1.165) is 19.3 Å². The van der Waals surface area contributed by atoms with Gasteiger partial charge in [-0.15, -0.1) is 0 Å². The van der Waals surface area contributed by atoms with Crippen molar-refractivity contribution in [1.29, 1.82) is 0 Å². The van der Waals surface area contributed by atoms with E-state index in [1.54, 1.807) is 0 Å². The van der Waals surface area contributed by atoms with Crippen LogP contribution in [0.5, 0.6) is 0 Å². The second-order valence-corrected chi connectivity index (χ2v) is 8.06. The van der Waals surface area contributed by atoms with Crippen LogP contribution < -0.4 is 11.5 Å². The van der Waals surface area contributed by atoms with Crippen LogP contribution in [0.25, 0.3) is 0 Å². The molecule has 1 aliphatic rings. The molecule has 0 heterocycles. The Hall–Kier alpha value is -0.160. The third kappa shape index (κ3) is 15.8. The third-order valence-electron chi connectivity index (χ3n) is 5.48. The smallest absolute Gasteiger partial charge is 0.151 e. The lowest BCUT2D eigenvalue weighted by Crippen LogP contribution is -2.56. The van der Waals surface area contributed by atoms with Crippen LogP contribution in [0.15, 0.2) is 0 Å². The molecule has 1 saturated carbocycles. The molecule has 152 valence electrons. The maximum atomic E-state index is 8.65. The van der Waals surface area contributed by atoms with Crippen molar-refractivity contribution in [3.05, 3.63) is 0 Å². The molecule has 1 aliphatic carbocycles. The van der Waals surface area contributed by atoms with E-state index in [1.165, 1.54) is 77.0 Å². The molecule has 0 aliphatic heterocycles. The minimum atomic E-state index is -1.10. The zero-order valence-corrected chi connectivity index (χ0v) is 17.0. The summed E-state index contributed by atoms with van der Waals surface area (Å²) in [5.74, 6) is 0.506. The molecule has 0 bridgehead atoms. The van der Waals surface area contributed by atoms with E-state index in [-0.39, 0.29) is 5.66 Å². The summed E-state index contributed by atoms with van der Waals surface area (Å²) in [7, 11) is 0. The molecule has 1 rings (SSSR count). The summed E-state index contributed by atoms with van der Waals surface area (Å²) in [5.41, 5.74) is 11.2. The molecule has 25 heavy (non-hydrogen) atoms. The average Bonchev–Trinajstić information content (AvgIpc) is 2.56. The lowest BCUT2D eigenvalue weighted by atomic mass is 9.81. The lowest BCUT2D eigenvalue weighted by Gasteiger charge is -2.35. The SMILES string of the molecule is CC1CCCCC1(N)N.CCCCCCCCCCCCCC(O)O. The summed E-state index contributed by atoms with van der Waals surface area (Å²) >= 11 is 0. The van der Waals surface area contributed by atoms with Crippen molar-refractivity contribution in [1.82, 2.24) is 0 Å². The number of nitrogens with two attached hydrogens (primary N) is 2. The van der Waals surface area contributed by atoms with Crippen molar-refractivity contribution in [2.75, 3.05) is 0 Å². The zero-order valence-electron chi connectivity index (χ0n) is 17.0. The highest BCUT2D eigenvalue weighted by atomic mass is 16.5. The van der Waals surface area contributed by atoms with Gasteiger partial charge in [0.05, 0.1) is 5.66 Å². The van der Waals surface area contributed by atoms with Gasteiger partial charge in [0.25, 0.3) is 0 Å². The van der Waals surface area contributed by atoms with Gasteiger partial charge in [-0.1, -0.05) is 90.9 Å². The maximum absolute atomic E-state index is 8.65. The van der Waals surface area contributed by atoms with Crippen LogP contribution >= 0.6 is 0 Å². The first-order valence-corrected chi connectivity index (χ1v) is 10.8. The minimum absolute atomic E-state index is 0.363. The number of aliphatic hydroxyl groups is 2. The summed E-state index contributed by atoms with van der Waals surface area (Å²) in [6, 6.07) is 0. The van der Waals surface area contributed by atoms with E-state index in [0.29, 0.717) is 12.3 Å². The van der Waals surface area contributed by atoms with E-state index in [1.807, 2.05) is 0 Å². The molecule has 1 unspecified atom stereocenters. The van der Waals surface area contributed by atoms with Gasteiger partial charge in [0, 0.05) is 0 Å². The molecule has 0 aromatic carbocycles. The molecular weight excluding hydrogens is 312 g/mol. The molecule has 4 nitrogen and oxygen atoms in total. The van der Waals surface area contributed by atoms with E-state index in [2.05, 4.69) is 13.8 Å². The fourth-order valence-corrected chi connectivity index (χ4v) is 3.39. The van der Waals surface area contributed by atoms with E-state index >= 15 is 0 Å². The highest BCUT2D eigenvalue weighted by Gasteiger charge is 2.29. The molecule has 0 aromatic rings. The molecule has 0 amide bonds. The van der Waals surface area contributed by atoms with E-state index < -0.39 is 6.29 Å². The van der Waals surface area contributed by atoms with Gasteiger partial charge in [0.1, 0.15) is 0 Å². The number of rotatable bonds is 12. The van der Waals surface area contributed by atoms with Gasteiger partial charge >= 0.3 is 0 Å². The van der Waals surface area contributed by atoms with Crippen LogP contribution in [-0.2, 0) is 0 Å². The highest BCUT2D eigenvalue weighted by Crippen LogP contribution is 2.27. The van der Waals surface area contributed by atoms with Crippen molar-refractivity contribution in [2.24, 2.45) is 17.4 Å². The van der Waals surface area contributed by atoms with E-state index in [9.17, 15) is 0 Å². The fraction of sp³-hybridized carbons (Fsp3) is 1.00. The average molecular weight is 359 g/mol. The van der Waals surface area contributed by atoms with Crippen molar-refractivity contribution < 1.29 is 10.2 Å². The Morgan fingerprint density at radius 2 is 1.32 bits per heavy atom. The predicted molar refractivity (Wildman–Crippen MR) is 108 cm³/mol. The van der Waals surface area contributed by atoms with Crippen LogP contribution in [0.2, 0.25) is 0 Å². The first-order chi connectivity index (χ1) is 11.9. The van der Waals surface area contributed by atoms with Gasteiger partial charge in [-0.3, -0.25) is 0 Å². The van der Waals surface area contributed by atoms with Gasteiger partial charge in [-0.2, -0.15) is 0 Å². The molecule has 1 fully saturated rings. The standard InChI is InChI=1S/C14H30O2.C7H16N2/c1-2-3-4-5-6-7-8-9-10-11-12-13-14(15)16;1-6-4-2-3-5-7(6,8)9/h14-16H,2-13H2,1H3;6H,2-5,8-9H2,1H3. The number of unbranched alkanes of at least 4 members (excludes halogenated alkanes) is 10. The zero-order chi connectivity index (χ0) is 19.0. The number of hydrogen-bond donors (Lipinski definition) is 4. The second-order valence-electron chi connectivity index (χ2n) is 8.06. The fourth-order valence-electron chi connectivity index (χ4n) is 3.39. The van der Waals surface area contributed by atoms with Gasteiger partial charge in [0.2, 0.25) is 0 Å². The van der Waals surface area contributed by atoms with Crippen LogP contribution in [0.3, 0.4) is 0 Å². The Morgan fingerprint density at radius 3 is 1.68 bits per heavy atom. The molecule has 1 atom stereocenters. The van der Waals surface area contributed by atoms with Gasteiger partial charge < -0.3 is 21.7 Å². The van der Waals surface area contributed by atoms with Gasteiger partial charge in [-0.05, 0) is 31.6 Å². The highest BCUT2D eigenvalue weighted by molar-refractivity contribution is 4.86. The Balaban J connectivity index is 0.000000535. The van der Waals surface area contributed by atoms with Gasteiger partial charge in [0.15, 0.2) is 6.29 Å². The predicted octanol–water partition coefficient (Wildman–Crippen LogP) is 4.81. The minimum Gasteiger partial charge on any atom is -0.368 e. The molecular formula is C21H46N2O2. The topological polar surface area (TPSA) is 92.5 Å². The molecule has 0 spiro atoms. The van der Waals surface area contributed by atoms with Crippen molar-refractivity contribution in [2.45, 2.75) is 129 Å². The Morgan fingerprint density at radius 1 is 0.840 bits per heavy atom. The van der Waals surface area contributed by atoms with Crippen LogP contribution in [0.4, 0.5) is 0 Å². The van der Waals surface area contributed by atoms with Crippen molar-refractivity contribution >= 4 is 0 Å². The summed E-state index contributed by atoms with van der Waals surface area (Å²) in [5, 5.41) is 17.3. The summed E-state index contributed by atoms with van der Waals surface area (Å²) in [6.07, 6.45) is 18.5. The van der Waals surface area contributed by atoms with Crippen molar-refractivity contribution in [3.63, 3.8) is 0 Å². The normalized spacial score (nSPS) is 19.6. The summed E-state index contributed by atoms with van der Waals surface area (Å²) < 4.78 is 0. The first-order valence-electron chi connectivity index (χ1n) is 10.8. The third-order valence-corrected chi connectivity index (χ3v) is 5.48. The summed E-state index contributed by atoms with van der Waals surface area (Å²) in [6.45, 7) is 4.39. The largest absolute Gasteiger partial charge is 0.368 e. The first kappa shape index (κ1) is 24.8. The van der Waals surface area contributed by atoms with Crippen LogP contribution in [0.1, 0.15) is 117 Å². The van der Waals surface area contributed by atoms with Gasteiger partial charge in [-0.25, -0.2) is 0 Å². The second kappa shape index (κ2) is 16.0. The quantitative estimate of drug-likeness (QED) is 0.297. The van der Waals surface area contributed by atoms with E-state index in [4.69, 9.17) is 21.7 Å². The monoisotopic (exact) mass is 358 g/mol.